The molecule has 0 atom stereocenters. The fourth-order valence-electron chi connectivity index (χ4n) is 6.29. The van der Waals surface area contributed by atoms with E-state index in [1.807, 2.05) is 42.6 Å². The Bertz CT molecular complexity index is 2440. The molecular weight excluding hydrogens is 589 g/mol. The zero-order valence-corrected chi connectivity index (χ0v) is 27.4. The summed E-state index contributed by atoms with van der Waals surface area (Å²) < 4.78 is 2.30. The van der Waals surface area contributed by atoms with Crippen molar-refractivity contribution >= 4 is 21.8 Å². The van der Waals surface area contributed by atoms with Crippen LogP contribution in [0.25, 0.3) is 72.9 Å². The first-order valence-electron chi connectivity index (χ1n) is 16.3. The van der Waals surface area contributed by atoms with Gasteiger partial charge in [0.15, 0.2) is 17.5 Å². The summed E-state index contributed by atoms with van der Waals surface area (Å²) in [7, 11) is 0. The van der Waals surface area contributed by atoms with Crippen molar-refractivity contribution < 1.29 is 0 Å². The Hall–Kier alpha value is -6.01. The second-order valence-electron chi connectivity index (χ2n) is 12.6. The third kappa shape index (κ3) is 5.41. The van der Waals surface area contributed by atoms with Gasteiger partial charge in [-0.05, 0) is 72.1 Å². The van der Waals surface area contributed by atoms with E-state index in [1.54, 1.807) is 0 Å². The zero-order valence-electron chi connectivity index (χ0n) is 27.4. The average Bonchev–Trinajstić information content (AvgIpc) is 3.51. The van der Waals surface area contributed by atoms with Crippen molar-refractivity contribution in [2.24, 2.45) is 0 Å². The van der Waals surface area contributed by atoms with Gasteiger partial charge in [0.05, 0.1) is 16.7 Å². The van der Waals surface area contributed by atoms with Crippen LogP contribution >= 0.6 is 0 Å². The summed E-state index contributed by atoms with van der Waals surface area (Å²) in [6.45, 7) is 8.59. The number of hydrogen-bond donors (Lipinski definition) is 0. The van der Waals surface area contributed by atoms with Crippen molar-refractivity contribution in [3.8, 4) is 51.1 Å². The number of benzene rings is 5. The van der Waals surface area contributed by atoms with Gasteiger partial charge in [-0.3, -0.25) is 9.55 Å². The Balaban J connectivity index is 1.21. The Morgan fingerprint density at radius 3 is 1.92 bits per heavy atom. The van der Waals surface area contributed by atoms with Crippen LogP contribution in [0.2, 0.25) is 0 Å². The molecule has 0 spiro atoms. The molecule has 0 fully saturated rings. The van der Waals surface area contributed by atoms with Crippen LogP contribution < -0.4 is 0 Å². The summed E-state index contributed by atoms with van der Waals surface area (Å²) in [5.74, 6) is 3.23. The van der Waals surface area contributed by atoms with Gasteiger partial charge in [0.25, 0.3) is 0 Å². The molecule has 0 aliphatic heterocycles. The third-order valence-corrected chi connectivity index (χ3v) is 8.79. The Kier molecular flexibility index (Phi) is 7.33. The molecule has 0 saturated carbocycles. The molecule has 48 heavy (non-hydrogen) atoms. The van der Waals surface area contributed by atoms with E-state index < -0.39 is 0 Å². The van der Waals surface area contributed by atoms with Gasteiger partial charge in [0, 0.05) is 40.1 Å². The van der Waals surface area contributed by atoms with E-state index >= 15 is 0 Å². The lowest BCUT2D eigenvalue weighted by Crippen LogP contribution is -2.03. The van der Waals surface area contributed by atoms with Crippen LogP contribution in [0.3, 0.4) is 0 Å². The molecule has 0 aliphatic rings. The number of fused-ring (bicyclic) bond motifs is 2. The summed E-state index contributed by atoms with van der Waals surface area (Å²) in [4.78, 5) is 24.5. The minimum Gasteiger partial charge on any atom is -0.296 e. The number of aromatic nitrogens is 6. The van der Waals surface area contributed by atoms with Crippen molar-refractivity contribution in [1.29, 1.82) is 0 Å². The monoisotopic (exact) mass is 622 g/mol. The smallest absolute Gasteiger partial charge is 0.164 e. The quantitative estimate of drug-likeness (QED) is 0.185. The normalized spacial score (nSPS) is 11.5. The first-order chi connectivity index (χ1) is 23.4. The summed E-state index contributed by atoms with van der Waals surface area (Å²) in [5, 5.41) is 2.25. The van der Waals surface area contributed by atoms with E-state index in [-0.39, 0.29) is 5.92 Å². The van der Waals surface area contributed by atoms with E-state index in [4.69, 9.17) is 19.9 Å². The molecule has 8 rings (SSSR count). The number of aryl methyl sites for hydroxylation is 2. The van der Waals surface area contributed by atoms with Crippen molar-refractivity contribution in [2.75, 3.05) is 0 Å². The number of imidazole rings is 1. The summed E-state index contributed by atoms with van der Waals surface area (Å²) in [6, 6.07) is 41.9. The first-order valence-corrected chi connectivity index (χ1v) is 16.3. The van der Waals surface area contributed by atoms with Crippen molar-refractivity contribution in [3.05, 3.63) is 144 Å². The standard InChI is InChI=1S/C42H34N6/c1-26(2)42-44-36-21-12-27(3)23-37(36)48(42)35-20-19-32-24-34(18-17-33(32)25-35)41-46-39(30-10-6-5-7-11-30)45-40(47-41)31-15-13-29(14-16-31)38-28(4)9-8-22-43-38/h5-26H,1-4H3. The van der Waals surface area contributed by atoms with Gasteiger partial charge in [-0.1, -0.05) is 98.8 Å². The maximum atomic E-state index is 5.01. The second-order valence-corrected chi connectivity index (χ2v) is 12.6. The maximum Gasteiger partial charge on any atom is 0.164 e. The molecular formula is C42H34N6. The number of rotatable bonds is 6. The molecule has 0 radical (unpaired) electrons. The zero-order chi connectivity index (χ0) is 32.8. The van der Waals surface area contributed by atoms with Gasteiger partial charge in [0.1, 0.15) is 5.82 Å². The molecule has 6 nitrogen and oxygen atoms in total. The molecule has 0 amide bonds. The van der Waals surface area contributed by atoms with Crippen LogP contribution in [0.15, 0.2) is 128 Å². The molecule has 0 saturated heterocycles. The van der Waals surface area contributed by atoms with Crippen molar-refractivity contribution in [2.45, 2.75) is 33.6 Å². The van der Waals surface area contributed by atoms with E-state index in [0.29, 0.717) is 17.5 Å². The predicted molar refractivity (Wildman–Crippen MR) is 195 cm³/mol. The van der Waals surface area contributed by atoms with Crippen molar-refractivity contribution in [1.82, 2.24) is 29.5 Å². The Morgan fingerprint density at radius 1 is 0.542 bits per heavy atom. The van der Waals surface area contributed by atoms with Crippen molar-refractivity contribution in [3.63, 3.8) is 0 Å². The highest BCUT2D eigenvalue weighted by Crippen LogP contribution is 2.32. The van der Waals surface area contributed by atoms with Crippen LogP contribution in [0.1, 0.15) is 36.7 Å². The van der Waals surface area contributed by atoms with E-state index in [1.165, 1.54) is 5.56 Å². The average molecular weight is 623 g/mol. The lowest BCUT2D eigenvalue weighted by atomic mass is 10.0. The van der Waals surface area contributed by atoms with Crippen LogP contribution in [-0.2, 0) is 0 Å². The molecule has 0 aliphatic carbocycles. The van der Waals surface area contributed by atoms with Gasteiger partial charge in [-0.25, -0.2) is 19.9 Å². The molecule has 6 heteroatoms. The number of pyridine rings is 1. The minimum atomic E-state index is 0.281. The summed E-state index contributed by atoms with van der Waals surface area (Å²) in [6.07, 6.45) is 1.83. The van der Waals surface area contributed by atoms with E-state index in [2.05, 4.69) is 122 Å². The lowest BCUT2D eigenvalue weighted by Gasteiger charge is -2.13. The van der Waals surface area contributed by atoms with Gasteiger partial charge in [-0.15, -0.1) is 0 Å². The fraction of sp³-hybridized carbons (Fsp3) is 0.119. The van der Waals surface area contributed by atoms with Crippen LogP contribution in [-0.4, -0.2) is 29.5 Å². The van der Waals surface area contributed by atoms with Crippen LogP contribution in [0.4, 0.5) is 0 Å². The Labute approximate surface area is 279 Å². The van der Waals surface area contributed by atoms with Gasteiger partial charge >= 0.3 is 0 Å². The molecule has 0 unspecified atom stereocenters. The van der Waals surface area contributed by atoms with Gasteiger partial charge in [-0.2, -0.15) is 0 Å². The first kappa shape index (κ1) is 29.4. The Morgan fingerprint density at radius 2 is 1.19 bits per heavy atom. The highest BCUT2D eigenvalue weighted by molar-refractivity contribution is 5.89. The highest BCUT2D eigenvalue weighted by Gasteiger charge is 2.17. The van der Waals surface area contributed by atoms with E-state index in [9.17, 15) is 0 Å². The molecule has 232 valence electrons. The summed E-state index contributed by atoms with van der Waals surface area (Å²) >= 11 is 0. The van der Waals surface area contributed by atoms with E-state index in [0.717, 1.165) is 66.8 Å². The molecule has 5 aromatic carbocycles. The molecule has 3 heterocycles. The molecule has 8 aromatic rings. The number of nitrogens with zero attached hydrogens (tertiary/aromatic N) is 6. The summed E-state index contributed by atoms with van der Waals surface area (Å²) in [5.41, 5.74) is 10.4. The lowest BCUT2D eigenvalue weighted by molar-refractivity contribution is 0.760. The van der Waals surface area contributed by atoms with Gasteiger partial charge < -0.3 is 0 Å². The third-order valence-electron chi connectivity index (χ3n) is 8.79. The number of hydrogen-bond acceptors (Lipinski definition) is 5. The van der Waals surface area contributed by atoms with Crippen LogP contribution in [0.5, 0.6) is 0 Å². The van der Waals surface area contributed by atoms with Crippen LogP contribution in [0, 0.1) is 13.8 Å². The second kappa shape index (κ2) is 12.0. The molecule has 3 aromatic heterocycles. The molecule has 0 N–H and O–H groups in total. The minimum absolute atomic E-state index is 0.281. The predicted octanol–water partition coefficient (Wildman–Crippen LogP) is 10.2. The largest absolute Gasteiger partial charge is 0.296 e. The SMILES string of the molecule is Cc1ccc2nc(C(C)C)n(-c3ccc4cc(-c5nc(-c6ccccc6)nc(-c6ccc(-c7ncccc7C)cc6)n5)ccc4c3)c2c1. The topological polar surface area (TPSA) is 69.4 Å². The highest BCUT2D eigenvalue weighted by atomic mass is 15.1. The fourth-order valence-corrected chi connectivity index (χ4v) is 6.29. The van der Waals surface area contributed by atoms with Gasteiger partial charge in [0.2, 0.25) is 0 Å². The molecule has 0 bridgehead atoms. The maximum absolute atomic E-state index is 5.01.